The first-order chi connectivity index (χ1) is 18.8. The lowest BCUT2D eigenvalue weighted by atomic mass is 9.74. The third-order valence-electron chi connectivity index (χ3n) is 8.45. The van der Waals surface area contributed by atoms with Crippen molar-refractivity contribution >= 4 is 35.1 Å². The van der Waals surface area contributed by atoms with Crippen LogP contribution in [0.2, 0.25) is 5.02 Å². The molecule has 4 heterocycles. The number of likely N-dealkylation sites (tertiary alicyclic amines) is 1. The lowest BCUT2D eigenvalue weighted by molar-refractivity contribution is -0.158. The van der Waals surface area contributed by atoms with Gasteiger partial charge in [-0.05, 0) is 51.2 Å². The van der Waals surface area contributed by atoms with Crippen LogP contribution in [0.3, 0.4) is 0 Å². The number of halogens is 1. The highest BCUT2D eigenvalue weighted by atomic mass is 35.5. The Balaban J connectivity index is 1.58. The molecule has 5 atom stereocenters. The summed E-state index contributed by atoms with van der Waals surface area (Å²) in [5.74, 6) is -2.80. The van der Waals surface area contributed by atoms with Crippen molar-refractivity contribution in [3.63, 3.8) is 0 Å². The van der Waals surface area contributed by atoms with E-state index < -0.39 is 35.0 Å². The van der Waals surface area contributed by atoms with Crippen LogP contribution in [0.15, 0.2) is 48.6 Å². The fraction of sp³-hybridized carbons (Fsp3) is 0.567. The van der Waals surface area contributed by atoms with E-state index in [4.69, 9.17) is 26.2 Å². The molecule has 8 nitrogen and oxygen atoms in total. The fourth-order valence-electron chi connectivity index (χ4n) is 6.67. The molecule has 5 rings (SSSR count). The molecule has 0 radical (unpaired) electrons. The highest BCUT2D eigenvalue weighted by Crippen LogP contribution is 2.57. The summed E-state index contributed by atoms with van der Waals surface area (Å²) in [5, 5.41) is 9.58. The summed E-state index contributed by atoms with van der Waals surface area (Å²) in [7, 11) is 0. The van der Waals surface area contributed by atoms with Gasteiger partial charge in [0.2, 0.25) is 5.91 Å². The van der Waals surface area contributed by atoms with Crippen molar-refractivity contribution in [1.29, 1.82) is 0 Å². The predicted octanol–water partition coefficient (Wildman–Crippen LogP) is 4.05. The second-order valence-corrected chi connectivity index (χ2v) is 11.4. The van der Waals surface area contributed by atoms with Crippen molar-refractivity contribution in [3.05, 3.63) is 53.6 Å². The predicted molar refractivity (Wildman–Crippen MR) is 147 cm³/mol. The number of aliphatic hydroxyl groups is 1. The van der Waals surface area contributed by atoms with Gasteiger partial charge < -0.3 is 24.4 Å². The maximum atomic E-state index is 14.4. The van der Waals surface area contributed by atoms with Crippen molar-refractivity contribution in [1.82, 2.24) is 4.90 Å². The number of anilines is 1. The monoisotopic (exact) mass is 556 g/mol. The topological polar surface area (TPSA) is 96.4 Å². The van der Waals surface area contributed by atoms with Gasteiger partial charge in [0.25, 0.3) is 5.91 Å². The Kier molecular flexibility index (Phi) is 8.17. The van der Waals surface area contributed by atoms with Gasteiger partial charge >= 0.3 is 5.97 Å². The first kappa shape index (κ1) is 27.9. The van der Waals surface area contributed by atoms with Crippen molar-refractivity contribution in [2.45, 2.75) is 69.1 Å². The first-order valence-corrected chi connectivity index (χ1v) is 14.4. The van der Waals surface area contributed by atoms with Gasteiger partial charge in [0.1, 0.15) is 17.6 Å². The quantitative estimate of drug-likeness (QED) is 0.309. The summed E-state index contributed by atoms with van der Waals surface area (Å²) in [4.78, 5) is 45.5. The van der Waals surface area contributed by atoms with Crippen LogP contribution in [0.5, 0.6) is 0 Å². The molecule has 9 heteroatoms. The molecule has 1 N–H and O–H groups in total. The number of esters is 1. The van der Waals surface area contributed by atoms with Gasteiger partial charge in [0, 0.05) is 19.7 Å². The molecule has 2 fully saturated rings. The largest absolute Gasteiger partial charge is 0.465 e. The van der Waals surface area contributed by atoms with E-state index in [9.17, 15) is 14.4 Å². The molecule has 4 aliphatic heterocycles. The minimum atomic E-state index is -1.33. The standard InChI is InChI=1S/C30H37ClN2O6/c1-29-15-8-2-5-11-20-38-28(37)24(29)23-26(35)33(17-9-3-4-10-19-34)25-27(36)32(18-12-16-30(23,25)39-29)22-14-7-6-13-21(22)31/h6-8,12-16,23-25,34H,2-5,9-11,17-20H2,1H3/b15-8-/t23-,24+,25?,29-,30-/m0/s1. The smallest absolute Gasteiger partial charge is 0.313 e. The summed E-state index contributed by atoms with van der Waals surface area (Å²) in [6, 6.07) is 6.19. The number of hydrogen-bond donors (Lipinski definition) is 1. The molecular weight excluding hydrogens is 520 g/mol. The number of nitrogens with zero attached hydrogens (tertiary/aromatic N) is 2. The van der Waals surface area contributed by atoms with Crippen LogP contribution in [-0.2, 0) is 23.9 Å². The molecule has 2 saturated heterocycles. The van der Waals surface area contributed by atoms with Gasteiger partial charge in [0.05, 0.1) is 28.8 Å². The lowest BCUT2D eigenvalue weighted by Crippen LogP contribution is -2.56. The molecule has 0 aliphatic carbocycles. The van der Waals surface area contributed by atoms with E-state index in [0.29, 0.717) is 36.7 Å². The SMILES string of the molecule is C[C@]12/C=C\CCCCOC(=O)[C@H]1[C@H]1C(=O)N(CCCCCCO)C3C(=O)N(c4ccccc4Cl)CC=C[C@@]31O2. The zero-order valence-corrected chi connectivity index (χ0v) is 23.1. The zero-order chi connectivity index (χ0) is 27.6. The maximum Gasteiger partial charge on any atom is 0.313 e. The summed E-state index contributed by atoms with van der Waals surface area (Å²) >= 11 is 6.51. The summed E-state index contributed by atoms with van der Waals surface area (Å²) in [6.45, 7) is 2.84. The number of cyclic esters (lactones) is 1. The number of ether oxygens (including phenoxy) is 2. The number of rotatable bonds is 7. The number of amides is 2. The van der Waals surface area contributed by atoms with Crippen molar-refractivity contribution in [3.8, 4) is 0 Å². The average Bonchev–Trinajstić information content (AvgIpc) is 3.24. The van der Waals surface area contributed by atoms with Crippen molar-refractivity contribution in [2.75, 3.05) is 31.2 Å². The second kappa shape index (κ2) is 11.4. The van der Waals surface area contributed by atoms with Gasteiger partial charge in [-0.15, -0.1) is 0 Å². The highest BCUT2D eigenvalue weighted by Gasteiger charge is 2.74. The van der Waals surface area contributed by atoms with Crippen LogP contribution < -0.4 is 4.90 Å². The number of hydrogen-bond acceptors (Lipinski definition) is 6. The number of unbranched alkanes of at least 4 members (excludes halogenated alkanes) is 3. The normalized spacial score (nSPS) is 33.3. The van der Waals surface area contributed by atoms with Crippen LogP contribution >= 0.6 is 11.6 Å². The van der Waals surface area contributed by atoms with Crippen LogP contribution in [0.1, 0.15) is 51.9 Å². The van der Waals surface area contributed by atoms with E-state index in [-0.39, 0.29) is 25.0 Å². The first-order valence-electron chi connectivity index (χ1n) is 14.0. The van der Waals surface area contributed by atoms with Crippen LogP contribution in [-0.4, -0.2) is 71.3 Å². The van der Waals surface area contributed by atoms with Crippen molar-refractivity contribution < 1.29 is 29.0 Å². The van der Waals surface area contributed by atoms with E-state index in [0.717, 1.165) is 32.1 Å². The number of para-hydroxylation sites is 1. The summed E-state index contributed by atoms with van der Waals surface area (Å²) in [6.07, 6.45) is 13.0. The van der Waals surface area contributed by atoms with Gasteiger partial charge in [0.15, 0.2) is 0 Å². The van der Waals surface area contributed by atoms with Gasteiger partial charge in [-0.3, -0.25) is 14.4 Å². The third-order valence-corrected chi connectivity index (χ3v) is 8.77. The number of carbonyl (C=O) groups is 3. The Labute approximate surface area is 234 Å². The summed E-state index contributed by atoms with van der Waals surface area (Å²) in [5.41, 5.74) is -1.87. The molecule has 4 aliphatic rings. The molecule has 1 aromatic rings. The van der Waals surface area contributed by atoms with Gasteiger partial charge in [-0.1, -0.05) is 60.9 Å². The van der Waals surface area contributed by atoms with E-state index >= 15 is 0 Å². The molecule has 2 amide bonds. The molecular formula is C30H37ClN2O6. The Hall–Kier alpha value is -2.68. The van der Waals surface area contributed by atoms with Crippen LogP contribution in [0.4, 0.5) is 5.69 Å². The average molecular weight is 557 g/mol. The number of carbonyl (C=O) groups excluding carboxylic acids is 3. The van der Waals surface area contributed by atoms with Crippen LogP contribution in [0.25, 0.3) is 0 Å². The van der Waals surface area contributed by atoms with E-state index in [2.05, 4.69) is 0 Å². The Bertz CT molecular complexity index is 1170. The maximum absolute atomic E-state index is 14.4. The second-order valence-electron chi connectivity index (χ2n) is 11.0. The number of aliphatic hydroxyl groups excluding tert-OH is 1. The molecule has 1 unspecified atom stereocenters. The molecule has 0 saturated carbocycles. The number of benzene rings is 1. The fourth-order valence-corrected chi connectivity index (χ4v) is 6.91. The molecule has 0 bridgehead atoms. The van der Waals surface area contributed by atoms with E-state index in [1.165, 1.54) is 0 Å². The zero-order valence-electron chi connectivity index (χ0n) is 22.4. The third kappa shape index (κ3) is 4.92. The van der Waals surface area contributed by atoms with E-state index in [1.807, 2.05) is 37.3 Å². The Morgan fingerprint density at radius 3 is 2.59 bits per heavy atom. The number of fused-ring (bicyclic) bond motifs is 2. The molecule has 1 aromatic carbocycles. The Morgan fingerprint density at radius 1 is 1.00 bits per heavy atom. The van der Waals surface area contributed by atoms with E-state index in [1.54, 1.807) is 28.0 Å². The molecule has 210 valence electrons. The number of allylic oxidation sites excluding steroid dienone is 1. The van der Waals surface area contributed by atoms with Gasteiger partial charge in [-0.2, -0.15) is 0 Å². The molecule has 1 spiro atoms. The molecule has 39 heavy (non-hydrogen) atoms. The van der Waals surface area contributed by atoms with Gasteiger partial charge in [-0.25, -0.2) is 0 Å². The Morgan fingerprint density at radius 2 is 1.79 bits per heavy atom. The lowest BCUT2D eigenvalue weighted by Gasteiger charge is -2.37. The minimum Gasteiger partial charge on any atom is -0.465 e. The minimum absolute atomic E-state index is 0.121. The van der Waals surface area contributed by atoms with Crippen molar-refractivity contribution in [2.24, 2.45) is 11.8 Å². The molecule has 0 aromatic heterocycles. The summed E-state index contributed by atoms with van der Waals surface area (Å²) < 4.78 is 12.5. The van der Waals surface area contributed by atoms with Crippen LogP contribution in [0, 0.1) is 11.8 Å². The highest BCUT2D eigenvalue weighted by molar-refractivity contribution is 6.34.